The summed E-state index contributed by atoms with van der Waals surface area (Å²) in [7, 11) is 1.73. The summed E-state index contributed by atoms with van der Waals surface area (Å²) in [6.45, 7) is 3.56. The second-order valence-corrected chi connectivity index (χ2v) is 4.03. The number of carboxylic acid groups (broad SMARTS) is 1. The van der Waals surface area contributed by atoms with E-state index in [2.05, 4.69) is 23.3 Å². The van der Waals surface area contributed by atoms with Gasteiger partial charge in [0.05, 0.1) is 12.5 Å². The lowest BCUT2D eigenvalue weighted by Crippen LogP contribution is -2.43. The second-order valence-electron chi connectivity index (χ2n) is 4.03. The van der Waals surface area contributed by atoms with E-state index in [9.17, 15) is 14.4 Å². The monoisotopic (exact) mass is 296 g/mol. The van der Waals surface area contributed by atoms with Gasteiger partial charge in [0.1, 0.15) is 0 Å². The van der Waals surface area contributed by atoms with Crippen molar-refractivity contribution in [3.05, 3.63) is 0 Å². The second kappa shape index (κ2) is 15.4. The van der Waals surface area contributed by atoms with Crippen LogP contribution < -0.4 is 16.4 Å². The fourth-order valence-electron chi connectivity index (χ4n) is 1.23. The number of likely N-dealkylation sites (N-methyl/N-ethyl adjacent to an activating group) is 1. The summed E-state index contributed by atoms with van der Waals surface area (Å²) in [5.74, 6) is -1.35. The zero-order valence-corrected chi connectivity index (χ0v) is 11.9. The minimum absolute atomic E-state index is 0. The molecule has 20 heavy (non-hydrogen) atoms. The Morgan fingerprint density at radius 3 is 2.15 bits per heavy atom. The first-order valence-electron chi connectivity index (χ1n) is 6.27. The number of rotatable bonds is 8. The summed E-state index contributed by atoms with van der Waals surface area (Å²) in [5, 5.41) is 13.9. The molecule has 0 bridgehead atoms. The molecule has 0 aliphatic rings. The molecule has 1 unspecified atom stereocenters. The van der Waals surface area contributed by atoms with Gasteiger partial charge in [0.2, 0.25) is 11.8 Å². The molecule has 0 saturated heterocycles. The highest BCUT2D eigenvalue weighted by Crippen LogP contribution is 2.00. The molecular formula is C13H29N3O4. The first kappa shape index (κ1) is 23.5. The fraction of sp³-hybridized carbons (Fsp3) is 0.769. The molecule has 7 nitrogen and oxygen atoms in total. The summed E-state index contributed by atoms with van der Waals surface area (Å²) < 4.78 is 0. The van der Waals surface area contributed by atoms with Crippen LogP contribution in [0.25, 0.3) is 0 Å². The Bertz CT molecular complexity index is 279. The lowest BCUT2D eigenvalue weighted by Gasteiger charge is -2.14. The van der Waals surface area contributed by atoms with Crippen molar-refractivity contribution < 1.29 is 19.5 Å². The quantitative estimate of drug-likeness (QED) is 0.383. The zero-order valence-electron chi connectivity index (χ0n) is 11.9. The smallest absolute Gasteiger partial charge is 0.305 e. The lowest BCUT2D eigenvalue weighted by molar-refractivity contribution is -0.137. The maximum absolute atomic E-state index is 11.5. The zero-order chi connectivity index (χ0) is 15.3. The standard InChI is InChI=1S/C10H20N2O3.C2H5NO.CH4/c1-3-4-5-8(11-2)10(15)12-7-6-9(13)14;1-2(3)4;/h8,11H,3-7H2,1-2H3,(H,12,15)(H,13,14);1H3,(H2,3,4);1H4/i1+1,2+1;2+1,3+1;1+1. The molecule has 0 spiro atoms. The van der Waals surface area contributed by atoms with Crippen LogP contribution in [0.15, 0.2) is 0 Å². The summed E-state index contributed by atoms with van der Waals surface area (Å²) in [4.78, 5) is 30.9. The van der Waals surface area contributed by atoms with Crippen LogP contribution in [0.2, 0.25) is 0 Å². The Balaban J connectivity index is -0.000000508. The highest BCUT2D eigenvalue weighted by atomic mass is 16.4. The number of amides is 2. The number of hydrogen-bond acceptors (Lipinski definition) is 4. The van der Waals surface area contributed by atoms with Crippen LogP contribution in [-0.4, -0.2) is 42.5 Å². The van der Waals surface area contributed by atoms with E-state index >= 15 is 0 Å². The number of carbonyl (C=O) groups is 3. The predicted octanol–water partition coefficient (Wildman–Crippen LogP) is 0.483. The number of carboxylic acids is 1. The van der Waals surface area contributed by atoms with Gasteiger partial charge in [-0.3, -0.25) is 14.4 Å². The predicted molar refractivity (Wildman–Crippen MR) is 79.2 cm³/mol. The molecule has 0 aromatic carbocycles. The minimum atomic E-state index is -0.898. The molecule has 0 saturated carbocycles. The Morgan fingerprint density at radius 1 is 1.30 bits per heavy atom. The number of unbranched alkanes of at least 4 members (excludes halogenated alkanes) is 1. The van der Waals surface area contributed by atoms with E-state index in [1.807, 2.05) is 0 Å². The van der Waals surface area contributed by atoms with Crippen molar-refractivity contribution in [2.45, 2.75) is 53.0 Å². The molecule has 2 amide bonds. The maximum Gasteiger partial charge on any atom is 0.305 e. The van der Waals surface area contributed by atoms with Crippen molar-refractivity contribution >= 4 is 17.8 Å². The molecule has 0 aromatic rings. The van der Waals surface area contributed by atoms with Crippen molar-refractivity contribution in [3.8, 4) is 0 Å². The third kappa shape index (κ3) is 18.7. The third-order valence-corrected chi connectivity index (χ3v) is 2.15. The molecule has 0 fully saturated rings. The molecule has 0 aliphatic carbocycles. The minimum Gasteiger partial charge on any atom is -0.481 e. The van der Waals surface area contributed by atoms with Crippen molar-refractivity contribution in [2.24, 2.45) is 5.73 Å². The van der Waals surface area contributed by atoms with E-state index in [0.717, 1.165) is 19.3 Å². The molecule has 1 atom stereocenters. The maximum atomic E-state index is 11.5. The van der Waals surface area contributed by atoms with Crippen LogP contribution in [0.4, 0.5) is 0 Å². The third-order valence-electron chi connectivity index (χ3n) is 2.15. The van der Waals surface area contributed by atoms with E-state index < -0.39 is 5.97 Å². The summed E-state index contributed by atoms with van der Waals surface area (Å²) >= 11 is 0. The van der Waals surface area contributed by atoms with Gasteiger partial charge in [0.25, 0.3) is 0 Å². The highest BCUT2D eigenvalue weighted by Gasteiger charge is 2.14. The highest BCUT2D eigenvalue weighted by molar-refractivity contribution is 5.82. The van der Waals surface area contributed by atoms with E-state index in [1.165, 1.54) is 6.92 Å². The van der Waals surface area contributed by atoms with Crippen LogP contribution in [-0.2, 0) is 14.4 Å². The van der Waals surface area contributed by atoms with Crippen LogP contribution in [0.3, 0.4) is 0 Å². The Hall–Kier alpha value is -1.63. The average molecular weight is 296 g/mol. The normalized spacial score (nSPS) is 10.3. The van der Waals surface area contributed by atoms with Gasteiger partial charge in [-0.1, -0.05) is 27.2 Å². The van der Waals surface area contributed by atoms with Gasteiger partial charge < -0.3 is 21.5 Å². The molecule has 120 valence electrons. The van der Waals surface area contributed by atoms with Gasteiger partial charge in [0.15, 0.2) is 0 Å². The molecular weight excluding hydrogens is 267 g/mol. The van der Waals surface area contributed by atoms with Crippen LogP contribution in [0, 0.1) is 0 Å². The summed E-state index contributed by atoms with van der Waals surface area (Å²) in [6, 6.07) is -0.209. The molecule has 5 N–H and O–H groups in total. The van der Waals surface area contributed by atoms with E-state index in [-0.39, 0.29) is 38.2 Å². The summed E-state index contributed by atoms with van der Waals surface area (Å²) in [6.07, 6.45) is 2.78. The van der Waals surface area contributed by atoms with Gasteiger partial charge in [0, 0.05) is 13.5 Å². The average Bonchev–Trinajstić information content (AvgIpc) is 2.28. The topological polar surface area (TPSA) is 122 Å². The largest absolute Gasteiger partial charge is 0.481 e. The van der Waals surface area contributed by atoms with E-state index in [1.54, 1.807) is 7.05 Å². The molecule has 0 aliphatic heterocycles. The van der Waals surface area contributed by atoms with Crippen molar-refractivity contribution in [3.63, 3.8) is 0 Å². The van der Waals surface area contributed by atoms with Gasteiger partial charge >= 0.3 is 5.97 Å². The molecule has 0 heterocycles. The number of nitrogens with two attached hydrogens (primary N) is 1. The number of nitrogens with one attached hydrogen (secondary N) is 2. The Labute approximate surface area is 121 Å². The lowest BCUT2D eigenvalue weighted by atomic mass is 10.1. The van der Waals surface area contributed by atoms with Crippen molar-refractivity contribution in [1.82, 2.24) is 10.6 Å². The Kier molecular flexibility index (Phi) is 18.1. The van der Waals surface area contributed by atoms with Crippen molar-refractivity contribution in [1.29, 1.82) is 0 Å². The number of hydrogen-bond donors (Lipinski definition) is 4. The molecule has 0 aromatic heterocycles. The van der Waals surface area contributed by atoms with E-state index in [0.29, 0.717) is 0 Å². The number of carbonyl (C=O) groups excluding carboxylic acids is 2. The first-order chi connectivity index (χ1) is 8.84. The van der Waals surface area contributed by atoms with Crippen LogP contribution in [0.1, 0.15) is 47.0 Å². The summed E-state index contributed by atoms with van der Waals surface area (Å²) in [5.41, 5.74) is 4.47. The molecule has 0 radical (unpaired) electrons. The number of aliphatic carboxylic acids is 1. The van der Waals surface area contributed by atoms with Crippen LogP contribution in [0.5, 0.6) is 0 Å². The van der Waals surface area contributed by atoms with Crippen molar-refractivity contribution in [2.75, 3.05) is 13.6 Å². The van der Waals surface area contributed by atoms with E-state index in [4.69, 9.17) is 5.11 Å². The molecule has 7 heteroatoms. The molecule has 0 rings (SSSR count). The fourth-order valence-corrected chi connectivity index (χ4v) is 1.23. The van der Waals surface area contributed by atoms with Crippen LogP contribution >= 0.6 is 0 Å². The SMILES string of the molecule is C[13C]([15NH2])=O.[13CH3]CCCC(N[13CH3])C(=O)NCCC(=O)O.[13CH4]. The van der Waals surface area contributed by atoms with Gasteiger partial charge in [-0.25, -0.2) is 0 Å². The van der Waals surface area contributed by atoms with Gasteiger partial charge in [-0.15, -0.1) is 0 Å². The number of primary amides is 1. The van der Waals surface area contributed by atoms with Gasteiger partial charge in [-0.2, -0.15) is 0 Å². The van der Waals surface area contributed by atoms with Gasteiger partial charge in [-0.05, 0) is 13.5 Å². The Morgan fingerprint density at radius 2 is 1.80 bits per heavy atom. The first-order valence-corrected chi connectivity index (χ1v) is 6.27.